The van der Waals surface area contributed by atoms with Gasteiger partial charge in [-0.3, -0.25) is 15.0 Å². The van der Waals surface area contributed by atoms with E-state index in [1.165, 1.54) is 0 Å². The number of hydrogen-bond acceptors (Lipinski definition) is 3. The topological polar surface area (TPSA) is 46.4 Å². The average molecular weight is 264 g/mol. The molecular weight excluding hydrogens is 240 g/mol. The lowest BCUT2D eigenvalue weighted by Gasteiger charge is -2.26. The summed E-state index contributed by atoms with van der Waals surface area (Å²) in [4.78, 5) is 12.7. The Kier molecular flexibility index (Phi) is 5.96. The summed E-state index contributed by atoms with van der Waals surface area (Å²) in [7, 11) is 0. The van der Waals surface area contributed by atoms with Crippen LogP contribution in [0.2, 0.25) is 0 Å². The quantitative estimate of drug-likeness (QED) is 0.557. The Bertz CT molecular complexity index is 389. The Labute approximate surface area is 115 Å². The second kappa shape index (κ2) is 7.24. The van der Waals surface area contributed by atoms with Gasteiger partial charge in [0.1, 0.15) is 0 Å². The van der Waals surface area contributed by atoms with Crippen LogP contribution in [-0.4, -0.2) is 22.9 Å². The number of hydrogen-bond donors (Lipinski definition) is 0. The van der Waals surface area contributed by atoms with Gasteiger partial charge in [-0.05, 0) is 17.4 Å². The molecule has 0 heterocycles. The third-order valence-corrected chi connectivity index (χ3v) is 2.80. The van der Waals surface area contributed by atoms with E-state index in [1.54, 1.807) is 12.1 Å². The largest absolute Gasteiger partial charge is 0.299 e. The predicted molar refractivity (Wildman–Crippen MR) is 78.0 cm³/mol. The van der Waals surface area contributed by atoms with Crippen LogP contribution in [0.3, 0.4) is 0 Å². The molecule has 0 bridgehead atoms. The van der Waals surface area contributed by atoms with Gasteiger partial charge in [-0.25, -0.2) is 0 Å². The zero-order chi connectivity index (χ0) is 14.4. The highest BCUT2D eigenvalue weighted by Gasteiger charge is 2.11. The van der Waals surface area contributed by atoms with Gasteiger partial charge in [-0.2, -0.15) is 0 Å². The first-order valence-electron chi connectivity index (χ1n) is 6.84. The van der Waals surface area contributed by atoms with Gasteiger partial charge >= 0.3 is 0 Å². The molecule has 0 N–H and O–H groups in total. The fourth-order valence-corrected chi connectivity index (χ4v) is 2.22. The van der Waals surface area contributed by atoms with E-state index in [2.05, 4.69) is 32.6 Å². The van der Waals surface area contributed by atoms with Crippen molar-refractivity contribution in [1.29, 1.82) is 0 Å². The fourth-order valence-electron chi connectivity index (χ4n) is 2.22. The van der Waals surface area contributed by atoms with Crippen LogP contribution in [0.1, 0.15) is 33.3 Å². The highest BCUT2D eigenvalue weighted by molar-refractivity contribution is 5.32. The second-order valence-electron chi connectivity index (χ2n) is 5.91. The molecule has 0 spiro atoms. The normalized spacial score (nSPS) is 11.5. The van der Waals surface area contributed by atoms with Gasteiger partial charge in [0, 0.05) is 31.8 Å². The Morgan fingerprint density at radius 2 is 1.53 bits per heavy atom. The van der Waals surface area contributed by atoms with E-state index < -0.39 is 0 Å². The van der Waals surface area contributed by atoms with Crippen LogP contribution < -0.4 is 0 Å². The highest BCUT2D eigenvalue weighted by Crippen LogP contribution is 2.15. The summed E-state index contributed by atoms with van der Waals surface area (Å²) in [5.74, 6) is 1.24. The Morgan fingerprint density at radius 1 is 1.05 bits per heavy atom. The highest BCUT2D eigenvalue weighted by atomic mass is 16.6. The third-order valence-electron chi connectivity index (χ3n) is 2.80. The van der Waals surface area contributed by atoms with Gasteiger partial charge in [0.2, 0.25) is 0 Å². The lowest BCUT2D eigenvalue weighted by molar-refractivity contribution is -0.384. The molecule has 0 aliphatic rings. The summed E-state index contributed by atoms with van der Waals surface area (Å²) >= 11 is 0. The number of benzene rings is 1. The van der Waals surface area contributed by atoms with Crippen molar-refractivity contribution in [3.63, 3.8) is 0 Å². The minimum Gasteiger partial charge on any atom is -0.299 e. The van der Waals surface area contributed by atoms with Gasteiger partial charge in [0.15, 0.2) is 0 Å². The monoisotopic (exact) mass is 264 g/mol. The SMILES string of the molecule is CC(C)CN(Cc1ccc([N+](=O)[O-])cc1)CC(C)C. The molecule has 0 radical (unpaired) electrons. The van der Waals surface area contributed by atoms with E-state index >= 15 is 0 Å². The number of nitro groups is 1. The fraction of sp³-hybridized carbons (Fsp3) is 0.600. The van der Waals surface area contributed by atoms with Crippen molar-refractivity contribution >= 4 is 5.69 Å². The molecule has 0 aliphatic heterocycles. The van der Waals surface area contributed by atoms with Crippen molar-refractivity contribution in [1.82, 2.24) is 4.90 Å². The maximum absolute atomic E-state index is 10.6. The molecule has 0 aromatic heterocycles. The van der Waals surface area contributed by atoms with E-state index in [9.17, 15) is 10.1 Å². The maximum atomic E-state index is 10.6. The standard InChI is InChI=1S/C15H24N2O2/c1-12(2)9-16(10-13(3)4)11-14-5-7-15(8-6-14)17(18)19/h5-8,12-13H,9-11H2,1-4H3. The van der Waals surface area contributed by atoms with Crippen molar-refractivity contribution in [2.45, 2.75) is 34.2 Å². The maximum Gasteiger partial charge on any atom is 0.269 e. The summed E-state index contributed by atoms with van der Waals surface area (Å²) in [6.07, 6.45) is 0. The molecule has 0 fully saturated rings. The van der Waals surface area contributed by atoms with Crippen LogP contribution in [0.5, 0.6) is 0 Å². The molecule has 106 valence electrons. The molecular formula is C15H24N2O2. The van der Waals surface area contributed by atoms with Crippen molar-refractivity contribution < 1.29 is 4.92 Å². The lowest BCUT2D eigenvalue weighted by Crippen LogP contribution is -2.30. The molecule has 4 nitrogen and oxygen atoms in total. The number of nitro benzene ring substituents is 1. The van der Waals surface area contributed by atoms with Crippen molar-refractivity contribution in [2.75, 3.05) is 13.1 Å². The molecule has 0 atom stereocenters. The Morgan fingerprint density at radius 3 is 1.89 bits per heavy atom. The molecule has 19 heavy (non-hydrogen) atoms. The van der Waals surface area contributed by atoms with Crippen LogP contribution in [0, 0.1) is 22.0 Å². The van der Waals surface area contributed by atoms with E-state index in [4.69, 9.17) is 0 Å². The number of non-ortho nitro benzene ring substituents is 1. The van der Waals surface area contributed by atoms with Crippen molar-refractivity contribution in [3.8, 4) is 0 Å². The lowest BCUT2D eigenvalue weighted by atomic mass is 10.1. The first kappa shape index (κ1) is 15.6. The molecule has 0 aliphatic carbocycles. The van der Waals surface area contributed by atoms with Gasteiger partial charge in [-0.1, -0.05) is 39.8 Å². The van der Waals surface area contributed by atoms with Gasteiger partial charge in [0.25, 0.3) is 5.69 Å². The van der Waals surface area contributed by atoms with Gasteiger partial charge in [-0.15, -0.1) is 0 Å². The van der Waals surface area contributed by atoms with E-state index in [-0.39, 0.29) is 10.6 Å². The van der Waals surface area contributed by atoms with E-state index in [0.717, 1.165) is 25.2 Å². The molecule has 0 saturated heterocycles. The van der Waals surface area contributed by atoms with E-state index in [1.807, 2.05) is 12.1 Å². The Hall–Kier alpha value is -1.42. The average Bonchev–Trinajstić information content (AvgIpc) is 2.27. The number of rotatable bonds is 7. The van der Waals surface area contributed by atoms with Crippen LogP contribution in [0.25, 0.3) is 0 Å². The number of nitrogens with zero attached hydrogens (tertiary/aromatic N) is 2. The summed E-state index contributed by atoms with van der Waals surface area (Å²) in [6.45, 7) is 11.8. The molecule has 1 aromatic rings. The van der Waals surface area contributed by atoms with Crippen molar-refractivity contribution in [2.24, 2.45) is 11.8 Å². The smallest absolute Gasteiger partial charge is 0.269 e. The van der Waals surface area contributed by atoms with Crippen LogP contribution >= 0.6 is 0 Å². The molecule has 0 unspecified atom stereocenters. The molecule has 1 aromatic carbocycles. The summed E-state index contributed by atoms with van der Waals surface area (Å²) < 4.78 is 0. The summed E-state index contributed by atoms with van der Waals surface area (Å²) in [5.41, 5.74) is 1.29. The third kappa shape index (κ3) is 5.83. The van der Waals surface area contributed by atoms with Crippen LogP contribution in [0.4, 0.5) is 5.69 Å². The van der Waals surface area contributed by atoms with Gasteiger partial charge in [0.05, 0.1) is 4.92 Å². The first-order chi connectivity index (χ1) is 8.88. The van der Waals surface area contributed by atoms with Crippen LogP contribution in [-0.2, 0) is 6.54 Å². The summed E-state index contributed by atoms with van der Waals surface area (Å²) in [5, 5.41) is 10.6. The first-order valence-corrected chi connectivity index (χ1v) is 6.84. The second-order valence-corrected chi connectivity index (χ2v) is 5.91. The summed E-state index contributed by atoms with van der Waals surface area (Å²) in [6, 6.07) is 6.87. The van der Waals surface area contributed by atoms with E-state index in [0.29, 0.717) is 11.8 Å². The molecule has 4 heteroatoms. The van der Waals surface area contributed by atoms with Crippen LogP contribution in [0.15, 0.2) is 24.3 Å². The molecule has 0 amide bonds. The van der Waals surface area contributed by atoms with Crippen molar-refractivity contribution in [3.05, 3.63) is 39.9 Å². The predicted octanol–water partition coefficient (Wildman–Crippen LogP) is 3.71. The van der Waals surface area contributed by atoms with Gasteiger partial charge < -0.3 is 0 Å². The minimum atomic E-state index is -0.357. The Balaban J connectivity index is 2.69. The molecule has 1 rings (SSSR count). The zero-order valence-electron chi connectivity index (χ0n) is 12.3. The minimum absolute atomic E-state index is 0.156. The zero-order valence-corrected chi connectivity index (χ0v) is 12.3. The molecule has 0 saturated carbocycles.